The van der Waals surface area contributed by atoms with E-state index >= 15 is 0 Å². The maximum atomic E-state index is 12.9. The first-order chi connectivity index (χ1) is 20.3. The average Bonchev–Trinajstić information content (AvgIpc) is 2.98. The molecule has 0 aliphatic carbocycles. The van der Waals surface area contributed by atoms with E-state index in [1.54, 1.807) is 0 Å². The molecule has 3 aromatic rings. The second kappa shape index (κ2) is 11.8. The molecule has 2 aromatic carbocycles. The topological polar surface area (TPSA) is 269 Å². The molecule has 234 valence electrons. The second-order valence-corrected chi connectivity index (χ2v) is 10.2. The molecule has 16 heteroatoms. The Kier molecular flexibility index (Phi) is 8.41. The van der Waals surface area contributed by atoms with Gasteiger partial charge < -0.3 is 74.4 Å². The number of aromatic hydroxyl groups is 4. The first-order valence-electron chi connectivity index (χ1n) is 13.0. The highest BCUT2D eigenvalue weighted by atomic mass is 16.7. The summed E-state index contributed by atoms with van der Waals surface area (Å²) in [7, 11) is 0. The molecule has 2 saturated heterocycles. The van der Waals surface area contributed by atoms with Gasteiger partial charge in [0.05, 0.1) is 12.7 Å². The molecule has 4 unspecified atom stereocenters. The number of phenols is 3. The molecule has 2 aliphatic rings. The standard InChI is InChI=1S/C27H30O16/c1-8-15(29)20(34)23(37)26(40-8)39-7-13-17(31)21(35)24(38)27(43-13)42-12-6-11-14(18(32)16(12)30)19(33)22(36)25(41-11)9-2-4-10(28)5-3-9/h2-6,8,13,15,17,20-21,23-24,26-32,34-38H,7H2,1H3/t8?,13?,15-,17+,20-,21-,23?,24?,26+,27+/m0/s1. The van der Waals surface area contributed by atoms with Gasteiger partial charge in [0.1, 0.15) is 59.4 Å². The van der Waals surface area contributed by atoms with Crippen LogP contribution in [0.2, 0.25) is 0 Å². The summed E-state index contributed by atoms with van der Waals surface area (Å²) in [4.78, 5) is 12.9. The van der Waals surface area contributed by atoms with E-state index in [-0.39, 0.29) is 22.7 Å². The summed E-state index contributed by atoms with van der Waals surface area (Å²) in [6.45, 7) is 0.843. The molecule has 10 atom stereocenters. The summed E-state index contributed by atoms with van der Waals surface area (Å²) in [5.74, 6) is -3.98. The van der Waals surface area contributed by atoms with Crippen molar-refractivity contribution in [2.45, 2.75) is 68.3 Å². The van der Waals surface area contributed by atoms with E-state index in [2.05, 4.69) is 0 Å². The van der Waals surface area contributed by atoms with Crippen LogP contribution < -0.4 is 10.2 Å². The molecule has 0 amide bonds. The molecule has 43 heavy (non-hydrogen) atoms. The van der Waals surface area contributed by atoms with Crippen molar-refractivity contribution >= 4 is 11.0 Å². The van der Waals surface area contributed by atoms with E-state index in [4.69, 9.17) is 23.4 Å². The number of hydrogen-bond acceptors (Lipinski definition) is 16. The van der Waals surface area contributed by atoms with Gasteiger partial charge in [-0.2, -0.15) is 0 Å². The lowest BCUT2D eigenvalue weighted by Gasteiger charge is -2.42. The van der Waals surface area contributed by atoms with Gasteiger partial charge in [0.25, 0.3) is 0 Å². The molecule has 0 radical (unpaired) electrons. The van der Waals surface area contributed by atoms with Crippen LogP contribution in [0.3, 0.4) is 0 Å². The van der Waals surface area contributed by atoms with Crippen molar-refractivity contribution in [2.24, 2.45) is 0 Å². The second-order valence-electron chi connectivity index (χ2n) is 10.2. The van der Waals surface area contributed by atoms with Crippen LogP contribution in [0.25, 0.3) is 22.3 Å². The maximum Gasteiger partial charge on any atom is 0.238 e. The number of fused-ring (bicyclic) bond motifs is 1. The smallest absolute Gasteiger partial charge is 0.238 e. The minimum absolute atomic E-state index is 0.0972. The van der Waals surface area contributed by atoms with Crippen LogP contribution in [0.1, 0.15) is 6.92 Å². The first-order valence-corrected chi connectivity index (χ1v) is 13.0. The Labute approximate surface area is 241 Å². The normalized spacial score (nSPS) is 33.0. The third kappa shape index (κ3) is 5.55. The fraction of sp³-hybridized carbons (Fsp3) is 0.444. The highest BCUT2D eigenvalue weighted by Crippen LogP contribution is 2.44. The number of ether oxygens (including phenoxy) is 4. The summed E-state index contributed by atoms with van der Waals surface area (Å²) in [5.41, 5.74) is -1.30. The molecular weight excluding hydrogens is 580 g/mol. The number of phenolic OH excluding ortho intramolecular Hbond substituents is 3. The van der Waals surface area contributed by atoms with Crippen molar-refractivity contribution in [2.75, 3.05) is 6.61 Å². The van der Waals surface area contributed by atoms with Gasteiger partial charge in [-0.3, -0.25) is 4.79 Å². The summed E-state index contributed by atoms with van der Waals surface area (Å²) in [6.07, 6.45) is -15.9. The van der Waals surface area contributed by atoms with E-state index < -0.39 is 102 Å². The molecule has 2 aliphatic heterocycles. The van der Waals surface area contributed by atoms with Gasteiger partial charge >= 0.3 is 0 Å². The predicted molar refractivity (Wildman–Crippen MR) is 140 cm³/mol. The van der Waals surface area contributed by atoms with Crippen molar-refractivity contribution in [3.63, 3.8) is 0 Å². The molecule has 0 spiro atoms. The zero-order valence-corrected chi connectivity index (χ0v) is 22.3. The van der Waals surface area contributed by atoms with Crippen molar-refractivity contribution in [3.8, 4) is 40.1 Å². The van der Waals surface area contributed by atoms with E-state index in [1.165, 1.54) is 31.2 Å². The third-order valence-corrected chi connectivity index (χ3v) is 7.35. The SMILES string of the molecule is CC1O[C@@H](OCC2O[C@@H](Oc3cc4oc(-c5ccc(O)cc5)c(O)c(=O)c4c(O)c3O)C(O)[C@@H](O)[C@@H]2O)C(O)[C@@H](O)[C@H]1O. The molecule has 1 aromatic heterocycles. The minimum Gasteiger partial charge on any atom is -0.508 e. The van der Waals surface area contributed by atoms with Gasteiger partial charge in [0.15, 0.2) is 23.5 Å². The Morgan fingerprint density at radius 3 is 2.05 bits per heavy atom. The van der Waals surface area contributed by atoms with Crippen molar-refractivity contribution < 1.29 is 74.4 Å². The third-order valence-electron chi connectivity index (χ3n) is 7.35. The molecule has 2 fully saturated rings. The van der Waals surface area contributed by atoms with Crippen LogP contribution >= 0.6 is 0 Å². The fourth-order valence-electron chi connectivity index (χ4n) is 4.81. The Morgan fingerprint density at radius 1 is 0.744 bits per heavy atom. The van der Waals surface area contributed by atoms with E-state index in [9.17, 15) is 55.9 Å². The molecule has 10 N–H and O–H groups in total. The quantitative estimate of drug-likeness (QED) is 0.140. The summed E-state index contributed by atoms with van der Waals surface area (Å²) >= 11 is 0. The van der Waals surface area contributed by atoms with Crippen LogP contribution in [-0.4, -0.2) is 119 Å². The van der Waals surface area contributed by atoms with Crippen molar-refractivity contribution in [1.82, 2.24) is 0 Å². The number of hydrogen-bond donors (Lipinski definition) is 10. The van der Waals surface area contributed by atoms with Crippen LogP contribution in [0.15, 0.2) is 39.5 Å². The highest BCUT2D eigenvalue weighted by Gasteiger charge is 2.47. The molecule has 0 saturated carbocycles. The molecule has 5 rings (SSSR count). The molecule has 3 heterocycles. The van der Waals surface area contributed by atoms with Gasteiger partial charge in [0.2, 0.25) is 23.2 Å². The molecular formula is C27H30O16. The first kappa shape index (κ1) is 30.7. The largest absolute Gasteiger partial charge is 0.508 e. The summed E-state index contributed by atoms with van der Waals surface area (Å²) in [5, 5.41) is 102. The Bertz CT molecular complexity index is 1520. The van der Waals surface area contributed by atoms with Crippen molar-refractivity contribution in [3.05, 3.63) is 40.6 Å². The Hall–Kier alpha value is -3.71. The number of benzene rings is 2. The number of aliphatic hydroxyl groups is 6. The lowest BCUT2D eigenvalue weighted by Crippen LogP contribution is -2.61. The maximum absolute atomic E-state index is 12.9. The fourth-order valence-corrected chi connectivity index (χ4v) is 4.81. The van der Waals surface area contributed by atoms with E-state index in [0.29, 0.717) is 0 Å². The monoisotopic (exact) mass is 610 g/mol. The zero-order chi connectivity index (χ0) is 31.3. The van der Waals surface area contributed by atoms with Gasteiger partial charge in [-0.15, -0.1) is 0 Å². The Morgan fingerprint density at radius 2 is 1.37 bits per heavy atom. The lowest BCUT2D eigenvalue weighted by molar-refractivity contribution is -0.318. The van der Waals surface area contributed by atoms with E-state index in [0.717, 1.165) is 6.07 Å². The number of rotatable bonds is 6. The van der Waals surface area contributed by atoms with Crippen LogP contribution in [0.4, 0.5) is 0 Å². The predicted octanol–water partition coefficient (Wildman–Crippen LogP) is -1.69. The van der Waals surface area contributed by atoms with E-state index in [1.807, 2.05) is 0 Å². The van der Waals surface area contributed by atoms with Crippen LogP contribution in [0.5, 0.6) is 28.7 Å². The van der Waals surface area contributed by atoms with Gasteiger partial charge in [-0.05, 0) is 31.2 Å². The van der Waals surface area contributed by atoms with Gasteiger partial charge in [-0.1, -0.05) is 0 Å². The summed E-state index contributed by atoms with van der Waals surface area (Å²) in [6, 6.07) is 6.19. The highest BCUT2D eigenvalue weighted by molar-refractivity contribution is 5.91. The number of aliphatic hydroxyl groups excluding tert-OH is 6. The average molecular weight is 611 g/mol. The van der Waals surface area contributed by atoms with Crippen LogP contribution in [-0.2, 0) is 14.2 Å². The molecule has 16 nitrogen and oxygen atoms in total. The van der Waals surface area contributed by atoms with Gasteiger partial charge in [0, 0.05) is 11.6 Å². The lowest BCUT2D eigenvalue weighted by atomic mass is 9.98. The van der Waals surface area contributed by atoms with Crippen molar-refractivity contribution in [1.29, 1.82) is 0 Å². The summed E-state index contributed by atoms with van der Waals surface area (Å²) < 4.78 is 27.4. The zero-order valence-electron chi connectivity index (χ0n) is 22.3. The Balaban J connectivity index is 1.41. The van der Waals surface area contributed by atoms with Crippen LogP contribution in [0, 0.1) is 0 Å². The minimum atomic E-state index is -1.92. The molecule has 0 bridgehead atoms. The van der Waals surface area contributed by atoms with Gasteiger partial charge in [-0.25, -0.2) is 0 Å².